The van der Waals surface area contributed by atoms with E-state index in [4.69, 9.17) is 4.98 Å². The van der Waals surface area contributed by atoms with Gasteiger partial charge in [0.05, 0.1) is 11.2 Å². The third-order valence-corrected chi connectivity index (χ3v) is 8.18. The molecule has 0 saturated carbocycles. The molecule has 0 unspecified atom stereocenters. The summed E-state index contributed by atoms with van der Waals surface area (Å²) in [6.45, 7) is 6.73. The maximum absolute atomic E-state index is 4.79. The molecule has 2 aromatic heterocycles. The first-order valence-electron chi connectivity index (χ1n) is 14.1. The van der Waals surface area contributed by atoms with Crippen molar-refractivity contribution in [1.82, 2.24) is 9.97 Å². The molecule has 0 radical (unpaired) electrons. The summed E-state index contributed by atoms with van der Waals surface area (Å²) < 4.78 is 0. The van der Waals surface area contributed by atoms with E-state index in [9.17, 15) is 0 Å². The van der Waals surface area contributed by atoms with Crippen molar-refractivity contribution >= 4 is 21.7 Å². The van der Waals surface area contributed by atoms with Crippen LogP contribution in [0.3, 0.4) is 0 Å². The fourth-order valence-corrected chi connectivity index (χ4v) is 6.41. The number of pyridine rings is 2. The summed E-state index contributed by atoms with van der Waals surface area (Å²) in [5.41, 5.74) is 14.4. The highest BCUT2D eigenvalue weighted by Gasteiger charge is 2.19. The minimum Gasteiger partial charge on any atom is -0.256 e. The molecule has 0 bridgehead atoms. The van der Waals surface area contributed by atoms with E-state index in [1.54, 1.807) is 0 Å². The second-order valence-corrected chi connectivity index (χ2v) is 10.8. The zero-order chi connectivity index (χ0) is 27.9. The summed E-state index contributed by atoms with van der Waals surface area (Å²) >= 11 is 0. The van der Waals surface area contributed by atoms with E-state index >= 15 is 0 Å². The monoisotopic (exact) mass is 526 g/mol. The van der Waals surface area contributed by atoms with E-state index in [1.807, 2.05) is 30.6 Å². The van der Waals surface area contributed by atoms with Gasteiger partial charge < -0.3 is 0 Å². The molecule has 5 aromatic carbocycles. The summed E-state index contributed by atoms with van der Waals surface area (Å²) in [7, 11) is 0. The van der Waals surface area contributed by atoms with Gasteiger partial charge in [-0.25, -0.2) is 0 Å². The van der Waals surface area contributed by atoms with Gasteiger partial charge in [-0.05, 0) is 118 Å². The molecule has 0 amide bonds. The Bertz CT molecular complexity index is 2060. The normalized spacial score (nSPS) is 11.3. The minimum absolute atomic E-state index is 0.983. The Balaban J connectivity index is 1.50. The van der Waals surface area contributed by atoms with Crippen LogP contribution in [-0.2, 0) is 0 Å². The molecule has 0 aliphatic heterocycles. The Morgan fingerprint density at radius 1 is 0.439 bits per heavy atom. The largest absolute Gasteiger partial charge is 0.256 e. The van der Waals surface area contributed by atoms with E-state index in [0.29, 0.717) is 0 Å². The number of rotatable bonds is 4. The highest BCUT2D eigenvalue weighted by Crippen LogP contribution is 2.43. The van der Waals surface area contributed by atoms with Gasteiger partial charge in [0, 0.05) is 23.3 Å². The van der Waals surface area contributed by atoms with Gasteiger partial charge in [-0.2, -0.15) is 0 Å². The molecule has 0 aliphatic carbocycles. The van der Waals surface area contributed by atoms with Gasteiger partial charge in [0.2, 0.25) is 0 Å². The molecule has 0 spiro atoms. The lowest BCUT2D eigenvalue weighted by atomic mass is 9.83. The molecule has 0 saturated heterocycles. The van der Waals surface area contributed by atoms with Crippen LogP contribution >= 0.6 is 0 Å². The number of aromatic nitrogens is 2. The first kappa shape index (κ1) is 24.9. The molecule has 2 heterocycles. The smallest absolute Gasteiger partial charge is 0.0714 e. The van der Waals surface area contributed by atoms with Crippen LogP contribution in [0.25, 0.3) is 66.3 Å². The van der Waals surface area contributed by atoms with Crippen LogP contribution in [0.2, 0.25) is 0 Å². The van der Waals surface area contributed by atoms with Crippen molar-refractivity contribution in [3.63, 3.8) is 0 Å². The maximum Gasteiger partial charge on any atom is 0.0714 e. The van der Waals surface area contributed by atoms with Crippen LogP contribution in [0.15, 0.2) is 128 Å². The van der Waals surface area contributed by atoms with Crippen molar-refractivity contribution in [3.8, 4) is 44.6 Å². The molecule has 0 aliphatic rings. The maximum atomic E-state index is 4.79. The van der Waals surface area contributed by atoms with Crippen molar-refractivity contribution in [2.24, 2.45) is 0 Å². The van der Waals surface area contributed by atoms with Crippen LogP contribution < -0.4 is 0 Å². The average Bonchev–Trinajstić information content (AvgIpc) is 3.01. The Labute approximate surface area is 241 Å². The average molecular weight is 527 g/mol. The van der Waals surface area contributed by atoms with E-state index in [2.05, 4.69) is 123 Å². The summed E-state index contributed by atoms with van der Waals surface area (Å²) in [6.07, 6.45) is 3.74. The second-order valence-electron chi connectivity index (χ2n) is 10.8. The third kappa shape index (κ3) is 4.38. The minimum atomic E-state index is 0.983. The molecule has 196 valence electrons. The van der Waals surface area contributed by atoms with Gasteiger partial charge in [0.25, 0.3) is 0 Å². The number of hydrogen-bond acceptors (Lipinski definition) is 2. The van der Waals surface area contributed by atoms with Crippen LogP contribution in [0.5, 0.6) is 0 Å². The fourth-order valence-electron chi connectivity index (χ4n) is 6.41. The molecular formula is C39H30N2. The molecule has 0 N–H and O–H groups in total. The third-order valence-electron chi connectivity index (χ3n) is 8.18. The van der Waals surface area contributed by atoms with Crippen molar-refractivity contribution in [2.45, 2.75) is 20.8 Å². The van der Waals surface area contributed by atoms with E-state index in [0.717, 1.165) is 16.8 Å². The van der Waals surface area contributed by atoms with Gasteiger partial charge in [-0.3, -0.25) is 9.97 Å². The van der Waals surface area contributed by atoms with Crippen molar-refractivity contribution in [1.29, 1.82) is 0 Å². The van der Waals surface area contributed by atoms with Gasteiger partial charge in [0.1, 0.15) is 0 Å². The molecule has 7 rings (SSSR count). The van der Waals surface area contributed by atoms with Crippen molar-refractivity contribution in [3.05, 3.63) is 144 Å². The molecule has 7 aromatic rings. The van der Waals surface area contributed by atoms with Gasteiger partial charge in [-0.15, -0.1) is 0 Å². The summed E-state index contributed by atoms with van der Waals surface area (Å²) in [6, 6.07) is 41.1. The molecule has 0 fully saturated rings. The highest BCUT2D eigenvalue weighted by molar-refractivity contribution is 6.14. The number of fused-ring (bicyclic) bond motifs is 3. The Hall–Kier alpha value is -5.08. The molecule has 41 heavy (non-hydrogen) atoms. The van der Waals surface area contributed by atoms with Crippen molar-refractivity contribution in [2.75, 3.05) is 0 Å². The van der Waals surface area contributed by atoms with Gasteiger partial charge >= 0.3 is 0 Å². The first-order chi connectivity index (χ1) is 20.1. The molecule has 2 heteroatoms. The van der Waals surface area contributed by atoms with Crippen LogP contribution in [-0.4, -0.2) is 9.97 Å². The van der Waals surface area contributed by atoms with Crippen molar-refractivity contribution < 1.29 is 0 Å². The number of aryl methyl sites for hydroxylation is 2. The second kappa shape index (κ2) is 10.1. The number of nitrogens with zero attached hydrogens (tertiary/aromatic N) is 2. The standard InChI is InChI=1S/C39H30N2/c1-25-21-26(2)39(27(3)38(25)31-14-9-13-30(22-31)36-16-7-8-19-40-36)35-24-37-33(15-10-20-41-37)32-18-17-29(23-34(32)35)28-11-5-4-6-12-28/h4-24H,1-3H3. The topological polar surface area (TPSA) is 25.8 Å². The summed E-state index contributed by atoms with van der Waals surface area (Å²) in [4.78, 5) is 9.39. The predicted molar refractivity (Wildman–Crippen MR) is 173 cm³/mol. The van der Waals surface area contributed by atoms with Gasteiger partial charge in [-0.1, -0.05) is 78.9 Å². The zero-order valence-electron chi connectivity index (χ0n) is 23.5. The Morgan fingerprint density at radius 2 is 1.20 bits per heavy atom. The predicted octanol–water partition coefficient (Wildman–Crippen LogP) is 10.4. The Morgan fingerprint density at radius 3 is 2.02 bits per heavy atom. The Kier molecular flexibility index (Phi) is 6.17. The van der Waals surface area contributed by atoms with Crippen LogP contribution in [0, 0.1) is 20.8 Å². The lowest BCUT2D eigenvalue weighted by molar-refractivity contribution is 1.31. The van der Waals surface area contributed by atoms with Crippen LogP contribution in [0.1, 0.15) is 16.7 Å². The van der Waals surface area contributed by atoms with E-state index in [-0.39, 0.29) is 0 Å². The van der Waals surface area contributed by atoms with E-state index in [1.165, 1.54) is 66.2 Å². The van der Waals surface area contributed by atoms with Crippen LogP contribution in [0.4, 0.5) is 0 Å². The quantitative estimate of drug-likeness (QED) is 0.213. The molecule has 0 atom stereocenters. The fraction of sp³-hybridized carbons (Fsp3) is 0.0769. The summed E-state index contributed by atoms with van der Waals surface area (Å²) in [5, 5.41) is 3.65. The zero-order valence-corrected chi connectivity index (χ0v) is 23.5. The van der Waals surface area contributed by atoms with Gasteiger partial charge in [0.15, 0.2) is 0 Å². The molecule has 2 nitrogen and oxygen atoms in total. The number of benzene rings is 5. The first-order valence-corrected chi connectivity index (χ1v) is 14.1. The lowest BCUT2D eigenvalue weighted by Crippen LogP contribution is -1.98. The highest BCUT2D eigenvalue weighted by atomic mass is 14.7. The molecular weight excluding hydrogens is 496 g/mol. The summed E-state index contributed by atoms with van der Waals surface area (Å²) in [5.74, 6) is 0. The lowest BCUT2D eigenvalue weighted by Gasteiger charge is -2.21. The SMILES string of the molecule is Cc1cc(C)c(-c2cc3ncccc3c3ccc(-c4ccccc4)cc23)c(C)c1-c1cccc(-c2ccccn2)c1. The number of hydrogen-bond donors (Lipinski definition) is 0. The van der Waals surface area contributed by atoms with E-state index < -0.39 is 0 Å².